The summed E-state index contributed by atoms with van der Waals surface area (Å²) in [7, 11) is -2.53. The van der Waals surface area contributed by atoms with E-state index in [-0.39, 0.29) is 5.04 Å². The lowest BCUT2D eigenvalue weighted by atomic mass is 10.2. The fourth-order valence-electron chi connectivity index (χ4n) is 2.29. The molecule has 0 saturated carbocycles. The molecular weight excluding hydrogens is 362 g/mol. The zero-order valence-corrected chi connectivity index (χ0v) is 18.6. The Kier molecular flexibility index (Phi) is 7.12. The van der Waals surface area contributed by atoms with E-state index in [1.54, 1.807) is 20.3 Å². The van der Waals surface area contributed by atoms with Crippen molar-refractivity contribution in [2.75, 3.05) is 20.0 Å². The highest BCUT2D eigenvalue weighted by atomic mass is 35.5. The molecule has 0 saturated heterocycles. The van der Waals surface area contributed by atoms with Crippen LogP contribution in [0.15, 0.2) is 6.20 Å². The summed E-state index contributed by atoms with van der Waals surface area (Å²) in [6.45, 7) is 10.9. The Labute approximate surface area is 153 Å². The zero-order chi connectivity index (χ0) is 18.8. The number of hydrogen-bond acceptors (Lipinski definition) is 3. The van der Waals surface area contributed by atoms with Crippen molar-refractivity contribution in [3.63, 3.8) is 0 Å². The maximum absolute atomic E-state index is 12.9. The van der Waals surface area contributed by atoms with Gasteiger partial charge in [-0.15, -0.1) is 11.6 Å². The van der Waals surface area contributed by atoms with Crippen LogP contribution in [0.25, 0.3) is 0 Å². The fraction of sp³-hybridized carbons (Fsp3) is 0.812. The normalized spacial score (nSPS) is 13.7. The molecule has 8 heteroatoms. The number of aryl methyl sites for hydroxylation is 1. The van der Waals surface area contributed by atoms with Crippen LogP contribution in [-0.2, 0) is 16.6 Å². The first-order valence-electron chi connectivity index (χ1n) is 8.43. The largest absolute Gasteiger partial charge is 0.308 e. The van der Waals surface area contributed by atoms with E-state index in [1.807, 2.05) is 0 Å². The average molecular weight is 394 g/mol. The molecule has 0 N–H and O–H groups in total. The summed E-state index contributed by atoms with van der Waals surface area (Å²) in [5, 5.41) is 0.00777. The Bertz CT molecular complexity index is 649. The molecule has 0 amide bonds. The molecule has 1 rings (SSSR count). The van der Waals surface area contributed by atoms with Crippen molar-refractivity contribution in [3.8, 4) is 0 Å². The molecule has 0 aromatic carbocycles. The van der Waals surface area contributed by atoms with Crippen LogP contribution in [-0.4, -0.2) is 49.7 Å². The first kappa shape index (κ1) is 21.7. The number of alkyl halides is 1. The van der Waals surface area contributed by atoms with Crippen molar-refractivity contribution in [2.45, 2.75) is 64.6 Å². The van der Waals surface area contributed by atoms with Gasteiger partial charge in [0.25, 0.3) is 0 Å². The Hall–Kier alpha value is -0.373. The van der Waals surface area contributed by atoms with Crippen molar-refractivity contribution < 1.29 is 8.42 Å². The molecule has 5 nitrogen and oxygen atoms in total. The summed E-state index contributed by atoms with van der Waals surface area (Å²) in [4.78, 5) is 4.59. The minimum absolute atomic E-state index is 0.00777. The van der Waals surface area contributed by atoms with Crippen LogP contribution in [0, 0.1) is 0 Å². The van der Waals surface area contributed by atoms with Crippen molar-refractivity contribution in [2.24, 2.45) is 0 Å². The molecule has 0 aliphatic heterocycles. The van der Waals surface area contributed by atoms with Gasteiger partial charge in [-0.05, 0) is 24.3 Å². The van der Waals surface area contributed by atoms with E-state index in [4.69, 9.17) is 11.6 Å². The number of unbranched alkanes of at least 4 members (excludes halogenated alkanes) is 2. The van der Waals surface area contributed by atoms with E-state index in [1.165, 1.54) is 8.28 Å². The van der Waals surface area contributed by atoms with Crippen molar-refractivity contribution in [1.82, 2.24) is 13.3 Å². The molecule has 0 aliphatic carbocycles. The van der Waals surface area contributed by atoms with Gasteiger partial charge in [0, 0.05) is 26.2 Å². The number of hydrogen-bond donors (Lipinski definition) is 0. The standard InChI is InChI=1S/C16H32ClN3O2SSi/c1-16(2,3)24(6,7)15-18-13-14(11-9-8-10-12-17)20(15)23(21,22)19(4)5/h13H,8-12H2,1-7H3. The Morgan fingerprint density at radius 1 is 1.21 bits per heavy atom. The first-order chi connectivity index (χ1) is 10.9. The lowest BCUT2D eigenvalue weighted by Crippen LogP contribution is -2.56. The quantitative estimate of drug-likeness (QED) is 0.387. The maximum atomic E-state index is 12.9. The average Bonchev–Trinajstić information content (AvgIpc) is 2.87. The van der Waals surface area contributed by atoms with Crippen LogP contribution in [0.2, 0.25) is 18.1 Å². The van der Waals surface area contributed by atoms with Gasteiger partial charge in [-0.25, -0.2) is 8.96 Å². The molecule has 0 fully saturated rings. The third-order valence-electron chi connectivity index (χ3n) is 4.98. The van der Waals surface area contributed by atoms with Crippen molar-refractivity contribution in [1.29, 1.82) is 0 Å². The number of nitrogens with zero attached hydrogens (tertiary/aromatic N) is 3. The summed E-state index contributed by atoms with van der Waals surface area (Å²) >= 11 is 5.73. The highest BCUT2D eigenvalue weighted by Crippen LogP contribution is 2.35. The highest BCUT2D eigenvalue weighted by Gasteiger charge is 2.43. The van der Waals surface area contributed by atoms with E-state index >= 15 is 0 Å². The number of aromatic nitrogens is 2. The van der Waals surface area contributed by atoms with Crippen LogP contribution < -0.4 is 5.45 Å². The molecule has 1 heterocycles. The predicted octanol–water partition coefficient (Wildman–Crippen LogP) is 3.20. The van der Waals surface area contributed by atoms with Crippen molar-refractivity contribution >= 4 is 35.3 Å². The minimum Gasteiger partial charge on any atom is -0.246 e. The molecule has 24 heavy (non-hydrogen) atoms. The second kappa shape index (κ2) is 7.89. The van der Waals surface area contributed by atoms with Gasteiger partial charge >= 0.3 is 10.2 Å². The second-order valence-electron chi connectivity index (χ2n) is 8.00. The summed E-state index contributed by atoms with van der Waals surface area (Å²) in [5.74, 6) is 0.643. The predicted molar refractivity (Wildman–Crippen MR) is 105 cm³/mol. The monoisotopic (exact) mass is 393 g/mol. The molecule has 0 aliphatic rings. The van der Waals surface area contributed by atoms with E-state index in [0.29, 0.717) is 12.3 Å². The molecule has 0 spiro atoms. The Balaban J connectivity index is 3.40. The van der Waals surface area contributed by atoms with Crippen LogP contribution >= 0.6 is 11.6 Å². The Morgan fingerprint density at radius 3 is 2.25 bits per heavy atom. The van der Waals surface area contributed by atoms with Gasteiger partial charge in [0.2, 0.25) is 0 Å². The number of halogens is 1. The Morgan fingerprint density at radius 2 is 1.79 bits per heavy atom. The van der Waals surface area contributed by atoms with E-state index in [0.717, 1.165) is 30.4 Å². The first-order valence-corrected chi connectivity index (χ1v) is 13.4. The maximum Gasteiger partial charge on any atom is 0.308 e. The highest BCUT2D eigenvalue weighted by molar-refractivity contribution is 7.87. The molecule has 0 atom stereocenters. The molecule has 0 bridgehead atoms. The van der Waals surface area contributed by atoms with Gasteiger partial charge < -0.3 is 0 Å². The summed E-state index contributed by atoms with van der Waals surface area (Å²) in [5.41, 5.74) is 1.51. The molecular formula is C16H32ClN3O2SSi. The molecule has 0 radical (unpaired) electrons. The molecule has 1 aromatic rings. The number of imidazole rings is 1. The molecule has 1 aromatic heterocycles. The molecule has 140 valence electrons. The number of rotatable bonds is 8. The van der Waals surface area contributed by atoms with E-state index in [2.05, 4.69) is 38.8 Å². The van der Waals surface area contributed by atoms with E-state index < -0.39 is 18.3 Å². The van der Waals surface area contributed by atoms with Gasteiger partial charge in [0.1, 0.15) is 13.5 Å². The smallest absolute Gasteiger partial charge is 0.246 e. The molecule has 0 unspecified atom stereocenters. The van der Waals surface area contributed by atoms with E-state index in [9.17, 15) is 8.42 Å². The van der Waals surface area contributed by atoms with Crippen LogP contribution in [0.5, 0.6) is 0 Å². The summed E-state index contributed by atoms with van der Waals surface area (Å²) < 4.78 is 28.7. The second-order valence-corrected chi connectivity index (χ2v) is 15.6. The summed E-state index contributed by atoms with van der Waals surface area (Å²) in [6.07, 6.45) is 5.30. The van der Waals surface area contributed by atoms with Crippen molar-refractivity contribution in [3.05, 3.63) is 11.9 Å². The van der Waals surface area contributed by atoms with Crippen LogP contribution in [0.4, 0.5) is 0 Å². The fourth-order valence-corrected chi connectivity index (χ4v) is 6.25. The SMILES string of the molecule is CN(C)S(=O)(=O)n1c(CCCCCCl)cnc1[Si](C)(C)C(C)(C)C. The summed E-state index contributed by atoms with van der Waals surface area (Å²) in [6, 6.07) is 0. The lowest BCUT2D eigenvalue weighted by Gasteiger charge is -2.36. The van der Waals surface area contributed by atoms with Gasteiger partial charge in [-0.3, -0.25) is 0 Å². The van der Waals surface area contributed by atoms with Gasteiger partial charge in [-0.1, -0.05) is 40.3 Å². The zero-order valence-electron chi connectivity index (χ0n) is 16.1. The topological polar surface area (TPSA) is 55.2 Å². The van der Waals surface area contributed by atoms with Crippen LogP contribution in [0.3, 0.4) is 0 Å². The third-order valence-corrected chi connectivity index (χ3v) is 12.4. The van der Waals surface area contributed by atoms with Gasteiger partial charge in [-0.2, -0.15) is 12.7 Å². The van der Waals surface area contributed by atoms with Gasteiger partial charge in [0.15, 0.2) is 0 Å². The van der Waals surface area contributed by atoms with Gasteiger partial charge in [0.05, 0.1) is 5.69 Å². The lowest BCUT2D eigenvalue weighted by molar-refractivity contribution is 0.509. The minimum atomic E-state index is -3.58. The van der Waals surface area contributed by atoms with Crippen LogP contribution in [0.1, 0.15) is 45.7 Å². The third kappa shape index (κ3) is 4.42.